The first-order valence-corrected chi connectivity index (χ1v) is 5.27. The number of nitro groups is 1. The van der Waals surface area contributed by atoms with E-state index in [0.29, 0.717) is 13.0 Å². The van der Waals surface area contributed by atoms with E-state index >= 15 is 0 Å². The monoisotopic (exact) mass is 258 g/mol. The van der Waals surface area contributed by atoms with Crippen molar-refractivity contribution in [2.45, 2.75) is 6.42 Å². The molecule has 2 N–H and O–H groups in total. The minimum absolute atomic E-state index is 0.0126. The molecule has 1 amide bonds. The number of carbonyl (C=O) groups is 1. The number of nitrogens with one attached hydrogen (secondary N) is 1. The molecule has 6 nitrogen and oxygen atoms in total. The summed E-state index contributed by atoms with van der Waals surface area (Å²) in [4.78, 5) is 21.4. The molecule has 0 saturated carbocycles. The fourth-order valence-corrected chi connectivity index (χ4v) is 1.43. The molecule has 0 aliphatic carbocycles. The zero-order chi connectivity index (χ0) is 12.8. The molecule has 0 aliphatic rings. The van der Waals surface area contributed by atoms with Crippen LogP contribution in [0.2, 0.25) is 5.02 Å². The summed E-state index contributed by atoms with van der Waals surface area (Å²) in [6.07, 6.45) is 0.451. The first kappa shape index (κ1) is 13.4. The number of rotatable bonds is 5. The van der Waals surface area contributed by atoms with Crippen molar-refractivity contribution in [2.24, 2.45) is 0 Å². The number of nitrogens with zero attached hydrogens (tertiary/aromatic N) is 1. The molecule has 7 heteroatoms. The second kappa shape index (κ2) is 6.17. The first-order valence-electron chi connectivity index (χ1n) is 4.89. The van der Waals surface area contributed by atoms with E-state index in [0.717, 1.165) is 0 Å². The number of hydrogen-bond acceptors (Lipinski definition) is 4. The SMILES string of the molecule is O=C(NCCCO)c1ccc([N+](=O)[O-])c(Cl)c1. The Balaban J connectivity index is 2.76. The second-order valence-electron chi connectivity index (χ2n) is 3.26. The molecular weight excluding hydrogens is 248 g/mol. The first-order chi connectivity index (χ1) is 8.06. The molecule has 0 saturated heterocycles. The second-order valence-corrected chi connectivity index (χ2v) is 3.66. The summed E-state index contributed by atoms with van der Waals surface area (Å²) in [6, 6.07) is 3.76. The van der Waals surface area contributed by atoms with Gasteiger partial charge in [-0.2, -0.15) is 0 Å². The Labute approximate surface area is 102 Å². The molecule has 0 fully saturated rings. The van der Waals surface area contributed by atoms with E-state index in [-0.39, 0.29) is 28.8 Å². The van der Waals surface area contributed by atoms with Crippen LogP contribution in [0.25, 0.3) is 0 Å². The largest absolute Gasteiger partial charge is 0.396 e. The molecule has 1 rings (SSSR count). The van der Waals surface area contributed by atoms with E-state index in [1.807, 2.05) is 0 Å². The molecule has 0 heterocycles. The van der Waals surface area contributed by atoms with Crippen LogP contribution in [0, 0.1) is 10.1 Å². The number of halogens is 1. The van der Waals surface area contributed by atoms with Crippen LogP contribution in [0.1, 0.15) is 16.8 Å². The Morgan fingerprint density at radius 2 is 2.24 bits per heavy atom. The lowest BCUT2D eigenvalue weighted by atomic mass is 10.2. The van der Waals surface area contributed by atoms with Gasteiger partial charge in [-0.1, -0.05) is 11.6 Å². The fourth-order valence-electron chi connectivity index (χ4n) is 1.18. The van der Waals surface area contributed by atoms with Gasteiger partial charge in [0.25, 0.3) is 11.6 Å². The fraction of sp³-hybridized carbons (Fsp3) is 0.300. The van der Waals surface area contributed by atoms with Crippen molar-refractivity contribution in [3.63, 3.8) is 0 Å². The van der Waals surface area contributed by atoms with Crippen LogP contribution in [0.4, 0.5) is 5.69 Å². The van der Waals surface area contributed by atoms with Crippen LogP contribution in [0.3, 0.4) is 0 Å². The third-order valence-corrected chi connectivity index (χ3v) is 2.33. The number of nitro benzene ring substituents is 1. The maximum absolute atomic E-state index is 11.5. The van der Waals surface area contributed by atoms with E-state index in [4.69, 9.17) is 16.7 Å². The van der Waals surface area contributed by atoms with Gasteiger partial charge in [0, 0.05) is 24.8 Å². The molecular formula is C10H11ClN2O4. The molecule has 0 atom stereocenters. The van der Waals surface area contributed by atoms with Gasteiger partial charge in [-0.15, -0.1) is 0 Å². The molecule has 0 radical (unpaired) electrons. The van der Waals surface area contributed by atoms with Gasteiger partial charge in [0.15, 0.2) is 0 Å². The van der Waals surface area contributed by atoms with E-state index in [1.54, 1.807) is 0 Å². The minimum Gasteiger partial charge on any atom is -0.396 e. The van der Waals surface area contributed by atoms with Crippen molar-refractivity contribution in [3.05, 3.63) is 38.9 Å². The molecule has 0 aliphatic heterocycles. The zero-order valence-electron chi connectivity index (χ0n) is 8.85. The Kier molecular flexibility index (Phi) is 4.86. The van der Waals surface area contributed by atoms with Gasteiger partial charge in [-0.25, -0.2) is 0 Å². The summed E-state index contributed by atoms with van der Waals surface area (Å²) in [7, 11) is 0. The standard InChI is InChI=1S/C10H11ClN2O4/c11-8-6-7(2-3-9(8)13(16)17)10(15)12-4-1-5-14/h2-3,6,14H,1,4-5H2,(H,12,15). The van der Waals surface area contributed by atoms with Crippen LogP contribution < -0.4 is 5.32 Å². The van der Waals surface area contributed by atoms with Crippen molar-refractivity contribution < 1.29 is 14.8 Å². The topological polar surface area (TPSA) is 92.5 Å². The zero-order valence-corrected chi connectivity index (χ0v) is 9.61. The van der Waals surface area contributed by atoms with Gasteiger partial charge in [-0.3, -0.25) is 14.9 Å². The molecule has 92 valence electrons. The molecule has 17 heavy (non-hydrogen) atoms. The van der Waals surface area contributed by atoms with Crippen molar-refractivity contribution in [1.29, 1.82) is 0 Å². The Hall–Kier alpha value is -1.66. The quantitative estimate of drug-likeness (QED) is 0.474. The van der Waals surface area contributed by atoms with Gasteiger partial charge in [-0.05, 0) is 18.6 Å². The van der Waals surface area contributed by atoms with E-state index in [1.165, 1.54) is 18.2 Å². The summed E-state index contributed by atoms with van der Waals surface area (Å²) in [5.74, 6) is -0.379. The number of benzene rings is 1. The Morgan fingerprint density at radius 3 is 2.76 bits per heavy atom. The van der Waals surface area contributed by atoms with E-state index in [2.05, 4.69) is 5.32 Å². The van der Waals surface area contributed by atoms with Crippen molar-refractivity contribution in [3.8, 4) is 0 Å². The van der Waals surface area contributed by atoms with Gasteiger partial charge >= 0.3 is 0 Å². The number of amides is 1. The molecule has 1 aromatic carbocycles. The summed E-state index contributed by atoms with van der Waals surface area (Å²) in [6.45, 7) is 0.325. The molecule has 1 aromatic rings. The third kappa shape index (κ3) is 3.69. The van der Waals surface area contributed by atoms with Gasteiger partial charge in [0.2, 0.25) is 0 Å². The van der Waals surface area contributed by atoms with Gasteiger partial charge in [0.1, 0.15) is 5.02 Å². The van der Waals surface area contributed by atoms with Crippen LogP contribution in [-0.4, -0.2) is 29.1 Å². The number of aliphatic hydroxyl groups is 1. The van der Waals surface area contributed by atoms with Crippen LogP contribution in [0.5, 0.6) is 0 Å². The third-order valence-electron chi connectivity index (χ3n) is 2.03. The smallest absolute Gasteiger partial charge is 0.287 e. The Morgan fingerprint density at radius 1 is 1.53 bits per heavy atom. The summed E-state index contributed by atoms with van der Waals surface area (Å²) >= 11 is 5.67. The average Bonchev–Trinajstić information content (AvgIpc) is 2.28. The maximum Gasteiger partial charge on any atom is 0.287 e. The molecule has 0 aromatic heterocycles. The number of carbonyl (C=O) groups excluding carboxylic acids is 1. The molecule has 0 unspecified atom stereocenters. The highest BCUT2D eigenvalue weighted by Gasteiger charge is 2.14. The van der Waals surface area contributed by atoms with Gasteiger partial charge < -0.3 is 10.4 Å². The number of hydrogen-bond donors (Lipinski definition) is 2. The molecule has 0 spiro atoms. The lowest BCUT2D eigenvalue weighted by molar-refractivity contribution is -0.384. The van der Waals surface area contributed by atoms with Crippen molar-refractivity contribution >= 4 is 23.2 Å². The van der Waals surface area contributed by atoms with Crippen LogP contribution in [-0.2, 0) is 0 Å². The van der Waals surface area contributed by atoms with Crippen LogP contribution in [0.15, 0.2) is 18.2 Å². The van der Waals surface area contributed by atoms with E-state index in [9.17, 15) is 14.9 Å². The lowest BCUT2D eigenvalue weighted by Gasteiger charge is -2.04. The highest BCUT2D eigenvalue weighted by Crippen LogP contribution is 2.24. The van der Waals surface area contributed by atoms with Crippen molar-refractivity contribution in [1.82, 2.24) is 5.32 Å². The van der Waals surface area contributed by atoms with Crippen LogP contribution >= 0.6 is 11.6 Å². The normalized spacial score (nSPS) is 10.0. The highest BCUT2D eigenvalue weighted by atomic mass is 35.5. The summed E-state index contributed by atoms with van der Waals surface area (Å²) in [5, 5.41) is 21.5. The van der Waals surface area contributed by atoms with E-state index < -0.39 is 4.92 Å². The maximum atomic E-state index is 11.5. The Bertz CT molecular complexity index is 436. The predicted molar refractivity (Wildman–Crippen MR) is 62.1 cm³/mol. The van der Waals surface area contributed by atoms with Gasteiger partial charge in [0.05, 0.1) is 4.92 Å². The molecule has 0 bridgehead atoms. The summed E-state index contributed by atoms with van der Waals surface area (Å²) < 4.78 is 0. The predicted octanol–water partition coefficient (Wildman–Crippen LogP) is 1.36. The number of aliphatic hydroxyl groups excluding tert-OH is 1. The average molecular weight is 259 g/mol. The lowest BCUT2D eigenvalue weighted by Crippen LogP contribution is -2.24. The van der Waals surface area contributed by atoms with Crippen molar-refractivity contribution in [2.75, 3.05) is 13.2 Å². The minimum atomic E-state index is -0.615. The highest BCUT2D eigenvalue weighted by molar-refractivity contribution is 6.33. The summed E-state index contributed by atoms with van der Waals surface area (Å²) in [5.41, 5.74) is 0.0112.